The molecule has 0 atom stereocenters. The van der Waals surface area contributed by atoms with Gasteiger partial charge in [-0.2, -0.15) is 0 Å². The molecule has 0 unspecified atom stereocenters. The number of benzene rings is 6. The lowest BCUT2D eigenvalue weighted by Crippen LogP contribution is -2.62. The van der Waals surface area contributed by atoms with Crippen LogP contribution in [0.5, 0.6) is 0 Å². The van der Waals surface area contributed by atoms with Gasteiger partial charge in [-0.05, 0) is 197 Å². The van der Waals surface area contributed by atoms with Crippen LogP contribution in [0.4, 0.5) is 34.1 Å². The Labute approximate surface area is 426 Å². The van der Waals surface area contributed by atoms with Crippen LogP contribution < -0.4 is 26.2 Å². The van der Waals surface area contributed by atoms with Crippen molar-refractivity contribution in [2.75, 3.05) is 9.80 Å². The maximum Gasteiger partial charge on any atom is 0.252 e. The Hall–Kier alpha value is -5.22. The first-order valence-corrected chi connectivity index (χ1v) is 27.2. The summed E-state index contributed by atoms with van der Waals surface area (Å²) in [5, 5.41) is 2.33. The summed E-state index contributed by atoms with van der Waals surface area (Å²) in [5.74, 6) is 0. The fourth-order valence-corrected chi connectivity index (χ4v) is 14.6. The Morgan fingerprint density at radius 1 is 0.394 bits per heavy atom. The number of hydrogen-bond donors (Lipinski definition) is 0. The lowest BCUT2D eigenvalue weighted by molar-refractivity contribution is 0.332. The molecule has 71 heavy (non-hydrogen) atoms. The Balaban J connectivity index is 1.22. The molecule has 0 spiro atoms. The topological polar surface area (TPSA) is 19.6 Å². The van der Waals surface area contributed by atoms with Crippen molar-refractivity contribution in [1.82, 2.24) is 0 Å². The van der Waals surface area contributed by atoms with Gasteiger partial charge in [0.2, 0.25) is 0 Å². The molecule has 0 N–H and O–H groups in total. The lowest BCUT2D eigenvalue weighted by Gasteiger charge is -2.48. The van der Waals surface area contributed by atoms with E-state index in [2.05, 4.69) is 225 Å². The highest BCUT2D eigenvalue weighted by Gasteiger charge is 2.50. The highest BCUT2D eigenvalue weighted by atomic mass is 16.3. The second-order valence-electron chi connectivity index (χ2n) is 29.1. The molecular formula is C67H79BN2O. The normalized spacial score (nSPS) is 20.6. The van der Waals surface area contributed by atoms with Crippen molar-refractivity contribution in [3.05, 3.63) is 136 Å². The molecule has 3 heterocycles. The number of nitrogens with zero attached hydrogens (tertiary/aromatic N) is 2. The summed E-state index contributed by atoms with van der Waals surface area (Å²) in [6.45, 7) is 43.9. The molecule has 0 fully saturated rings. The Morgan fingerprint density at radius 2 is 0.845 bits per heavy atom. The van der Waals surface area contributed by atoms with E-state index in [9.17, 15) is 0 Å². The van der Waals surface area contributed by atoms with E-state index in [-0.39, 0.29) is 50.0 Å². The van der Waals surface area contributed by atoms with E-state index in [0.717, 1.165) is 23.0 Å². The molecule has 0 radical (unpaired) electrons. The van der Waals surface area contributed by atoms with Crippen molar-refractivity contribution in [2.24, 2.45) is 0 Å². The van der Waals surface area contributed by atoms with Gasteiger partial charge >= 0.3 is 0 Å². The smallest absolute Gasteiger partial charge is 0.252 e. The first-order chi connectivity index (χ1) is 32.9. The summed E-state index contributed by atoms with van der Waals surface area (Å²) < 4.78 is 6.73. The molecule has 3 nitrogen and oxygen atoms in total. The maximum atomic E-state index is 6.73. The SMILES string of the molecule is CC(C)(C)c1cc2c3c(c1)N(c1ccc4oc5cc(C(C)(C)C)ccc5c4c1)c1cc4c(cc1B3c1cc3c(cc1N2c1ccc2c(c1)C(C)(C)CCC2(C)C)C(C)(C)CCC3(C)C)C(C)(C)CC4(C)C. The predicted molar refractivity (Wildman–Crippen MR) is 306 cm³/mol. The number of rotatable bonds is 2. The predicted octanol–water partition coefficient (Wildman–Crippen LogP) is 16.9. The summed E-state index contributed by atoms with van der Waals surface area (Å²) in [5.41, 5.74) is 25.7. The second-order valence-corrected chi connectivity index (χ2v) is 29.1. The average Bonchev–Trinajstić information content (AvgIpc) is 3.73. The van der Waals surface area contributed by atoms with Crippen LogP contribution in [-0.2, 0) is 43.3 Å². The molecule has 12 rings (SSSR count). The Kier molecular flexibility index (Phi) is 9.43. The van der Waals surface area contributed by atoms with Crippen LogP contribution in [0.25, 0.3) is 21.9 Å². The molecule has 7 aromatic rings. The minimum absolute atomic E-state index is 0.0236. The lowest BCUT2D eigenvalue weighted by atomic mass is 9.32. The quantitative estimate of drug-likeness (QED) is 0.161. The Morgan fingerprint density at radius 3 is 1.38 bits per heavy atom. The first-order valence-electron chi connectivity index (χ1n) is 27.2. The molecule has 366 valence electrons. The van der Waals surface area contributed by atoms with Gasteiger partial charge in [-0.15, -0.1) is 0 Å². The first kappa shape index (κ1) is 46.8. The molecule has 6 aromatic carbocycles. The number of furan rings is 1. The molecule has 4 heteroatoms. The van der Waals surface area contributed by atoms with Crippen LogP contribution in [0.3, 0.4) is 0 Å². The van der Waals surface area contributed by atoms with E-state index >= 15 is 0 Å². The van der Waals surface area contributed by atoms with Crippen molar-refractivity contribution in [3.63, 3.8) is 0 Å². The van der Waals surface area contributed by atoms with Gasteiger partial charge in [0.05, 0.1) is 0 Å². The van der Waals surface area contributed by atoms with E-state index in [1.807, 2.05) is 0 Å². The summed E-state index contributed by atoms with van der Waals surface area (Å²) >= 11 is 0. The Bertz CT molecular complexity index is 3450. The van der Waals surface area contributed by atoms with Crippen molar-refractivity contribution in [3.8, 4) is 0 Å². The molecular weight excluding hydrogens is 860 g/mol. The summed E-state index contributed by atoms with van der Waals surface area (Å²) in [6, 6.07) is 37.4. The van der Waals surface area contributed by atoms with E-state index in [1.165, 1.54) is 126 Å². The molecule has 0 amide bonds. The zero-order chi connectivity index (χ0) is 50.7. The van der Waals surface area contributed by atoms with Gasteiger partial charge in [-0.1, -0.05) is 155 Å². The molecule has 0 bridgehead atoms. The number of hydrogen-bond acceptors (Lipinski definition) is 3. The van der Waals surface area contributed by atoms with Crippen molar-refractivity contribution in [2.45, 2.75) is 200 Å². The van der Waals surface area contributed by atoms with Crippen LogP contribution in [0, 0.1) is 0 Å². The van der Waals surface area contributed by atoms with E-state index in [1.54, 1.807) is 0 Å². The van der Waals surface area contributed by atoms with E-state index in [0.29, 0.717) is 0 Å². The van der Waals surface area contributed by atoms with Crippen LogP contribution in [0.15, 0.2) is 95.4 Å². The van der Waals surface area contributed by atoms with Gasteiger partial charge in [0.15, 0.2) is 0 Å². The van der Waals surface area contributed by atoms with Crippen LogP contribution >= 0.6 is 0 Å². The largest absolute Gasteiger partial charge is 0.456 e. The summed E-state index contributed by atoms with van der Waals surface area (Å²) in [7, 11) is 0. The summed E-state index contributed by atoms with van der Waals surface area (Å²) in [4.78, 5) is 5.41. The fraction of sp³-hybridized carbons (Fsp3) is 0.463. The van der Waals surface area contributed by atoms with Gasteiger partial charge in [-0.25, -0.2) is 0 Å². The standard InChI is InChI=1S/C67H79BN2O/c1-60(2,3)39-19-22-43-44-32-41(21-24-57(44)71-58(43)31-39)69-54-37-50-48(66(15,16)38-67(50,17)18)35-52(54)68-51-34-47-49(65(13,14)28-27-64(47,11)12)36-53(51)70(56-30-40(61(4,5)6)29-55(69)59(56)68)42-20-23-45-46(33-42)63(9,10)26-25-62(45,7)8/h19-24,29-37H,25-28,38H2,1-18H3. The third-order valence-electron chi connectivity index (χ3n) is 19.1. The van der Waals surface area contributed by atoms with Gasteiger partial charge in [0.25, 0.3) is 6.71 Å². The van der Waals surface area contributed by atoms with Crippen molar-refractivity contribution in [1.29, 1.82) is 0 Å². The zero-order valence-electron chi connectivity index (χ0n) is 46.6. The molecule has 2 aliphatic heterocycles. The van der Waals surface area contributed by atoms with E-state index < -0.39 is 0 Å². The third kappa shape index (κ3) is 6.80. The minimum Gasteiger partial charge on any atom is -0.456 e. The fourth-order valence-electron chi connectivity index (χ4n) is 14.6. The van der Waals surface area contributed by atoms with Crippen LogP contribution in [0.2, 0.25) is 0 Å². The zero-order valence-corrected chi connectivity index (χ0v) is 46.6. The van der Waals surface area contributed by atoms with Crippen LogP contribution in [0.1, 0.15) is 201 Å². The van der Waals surface area contributed by atoms with Crippen molar-refractivity contribution < 1.29 is 4.42 Å². The second kappa shape index (κ2) is 14.3. The van der Waals surface area contributed by atoms with Gasteiger partial charge in [-0.3, -0.25) is 0 Å². The van der Waals surface area contributed by atoms with Crippen molar-refractivity contribution >= 4 is 79.2 Å². The summed E-state index contributed by atoms with van der Waals surface area (Å²) in [6.07, 6.45) is 5.85. The molecule has 5 aliphatic rings. The highest BCUT2D eigenvalue weighted by molar-refractivity contribution is 7.00. The monoisotopic (exact) mass is 939 g/mol. The average molecular weight is 939 g/mol. The minimum atomic E-state index is -0.123. The number of fused-ring (bicyclic) bond motifs is 10. The van der Waals surface area contributed by atoms with Gasteiger partial charge in [0, 0.05) is 44.9 Å². The highest BCUT2D eigenvalue weighted by Crippen LogP contribution is 2.56. The van der Waals surface area contributed by atoms with Crippen LogP contribution in [-0.4, -0.2) is 6.71 Å². The number of anilines is 6. The van der Waals surface area contributed by atoms with Gasteiger partial charge in [0.1, 0.15) is 11.2 Å². The maximum absolute atomic E-state index is 6.73. The molecule has 0 saturated carbocycles. The third-order valence-corrected chi connectivity index (χ3v) is 19.1. The molecule has 3 aliphatic carbocycles. The molecule has 1 aromatic heterocycles. The molecule has 0 saturated heterocycles. The van der Waals surface area contributed by atoms with E-state index in [4.69, 9.17) is 4.42 Å². The van der Waals surface area contributed by atoms with Gasteiger partial charge < -0.3 is 14.2 Å².